The van der Waals surface area contributed by atoms with Gasteiger partial charge in [0.25, 0.3) is 0 Å². The summed E-state index contributed by atoms with van der Waals surface area (Å²) in [6.07, 6.45) is 15.4. The van der Waals surface area contributed by atoms with Crippen LogP contribution >= 0.6 is 0 Å². The van der Waals surface area contributed by atoms with E-state index in [0.29, 0.717) is 0 Å². The van der Waals surface area contributed by atoms with Crippen LogP contribution < -0.4 is 14.8 Å². The third kappa shape index (κ3) is 4.15. The van der Waals surface area contributed by atoms with Crippen LogP contribution in [0.25, 0.3) is 44.3 Å². The van der Waals surface area contributed by atoms with E-state index in [-0.39, 0.29) is 0 Å². The summed E-state index contributed by atoms with van der Waals surface area (Å²) in [5.74, 6) is 3.41. The normalized spacial score (nSPS) is 16.2. The van der Waals surface area contributed by atoms with Gasteiger partial charge in [-0.2, -0.15) is 0 Å². The van der Waals surface area contributed by atoms with Crippen LogP contribution in [0.1, 0.15) is 40.7 Å². The van der Waals surface area contributed by atoms with Gasteiger partial charge in [0.05, 0.1) is 16.4 Å². The highest BCUT2D eigenvalue weighted by Gasteiger charge is 2.50. The summed E-state index contributed by atoms with van der Waals surface area (Å²) in [5, 5.41) is 6.03. The highest BCUT2D eigenvalue weighted by atomic mass is 16.5. The number of hydrogen-bond acceptors (Lipinski definition) is 3. The van der Waals surface area contributed by atoms with E-state index < -0.39 is 5.41 Å². The highest BCUT2D eigenvalue weighted by molar-refractivity contribution is 6.11. The molecule has 6 aromatic carbocycles. The zero-order valence-corrected chi connectivity index (χ0v) is 28.5. The molecule has 0 atom stereocenters. The molecule has 1 N–H and O–H groups in total. The third-order valence-electron chi connectivity index (χ3n) is 11.2. The molecule has 248 valence electrons. The lowest BCUT2D eigenvalue weighted by atomic mass is 9.62. The Morgan fingerprint density at radius 3 is 1.92 bits per heavy atom. The standard InChI is InChI=1S/C48H34N2O2/c1-2-12-34(13-3-1)50-42-18-7-4-14-35(42)36-28-31(23-26-43(36)50)32-21-24-39-46(29-32)52-47-30-33(41-17-10-11-27-49-41)22-25-40(47)48(39)37-15-5-8-19-44(37)51-45-20-9-6-16-38(45)48/h2,4-26,28-30,49H,1,3,27H2. The first kappa shape index (κ1) is 29.2. The van der Waals surface area contributed by atoms with Gasteiger partial charge in [-0.25, -0.2) is 0 Å². The van der Waals surface area contributed by atoms with Crippen LogP contribution in [0, 0.1) is 0 Å². The van der Waals surface area contributed by atoms with Gasteiger partial charge in [0.15, 0.2) is 0 Å². The summed E-state index contributed by atoms with van der Waals surface area (Å²) >= 11 is 0. The summed E-state index contributed by atoms with van der Waals surface area (Å²) in [5.41, 5.74) is 11.9. The quantitative estimate of drug-likeness (QED) is 0.203. The van der Waals surface area contributed by atoms with Crippen LogP contribution in [0.4, 0.5) is 0 Å². The summed E-state index contributed by atoms with van der Waals surface area (Å²) in [6.45, 7) is 0.801. The minimum atomic E-state index is -0.641. The van der Waals surface area contributed by atoms with E-state index in [1.54, 1.807) is 0 Å². The van der Waals surface area contributed by atoms with Gasteiger partial charge < -0.3 is 19.4 Å². The molecule has 1 spiro atoms. The zero-order valence-electron chi connectivity index (χ0n) is 28.5. The molecule has 0 fully saturated rings. The molecule has 0 radical (unpaired) electrons. The lowest BCUT2D eigenvalue weighted by Crippen LogP contribution is -2.36. The van der Waals surface area contributed by atoms with Gasteiger partial charge in [0.2, 0.25) is 0 Å². The third-order valence-corrected chi connectivity index (χ3v) is 11.2. The van der Waals surface area contributed by atoms with Gasteiger partial charge in [-0.3, -0.25) is 0 Å². The van der Waals surface area contributed by atoms with Crippen LogP contribution in [0.5, 0.6) is 23.0 Å². The zero-order chi connectivity index (χ0) is 34.2. The fourth-order valence-electron chi connectivity index (χ4n) is 8.87. The summed E-state index contributed by atoms with van der Waals surface area (Å²) in [6, 6.07) is 46.0. The lowest BCUT2D eigenvalue weighted by Gasteiger charge is -2.45. The van der Waals surface area contributed by atoms with Crippen molar-refractivity contribution >= 4 is 33.2 Å². The van der Waals surface area contributed by atoms with Crippen LogP contribution in [-0.2, 0) is 5.41 Å². The summed E-state index contributed by atoms with van der Waals surface area (Å²) < 4.78 is 16.0. The lowest BCUT2D eigenvalue weighted by molar-refractivity contribution is 0.399. The Hall–Kier alpha value is -6.52. The Labute approximate surface area is 302 Å². The van der Waals surface area contributed by atoms with Crippen molar-refractivity contribution in [2.24, 2.45) is 0 Å². The molecule has 0 saturated carbocycles. The molecule has 3 aliphatic heterocycles. The second-order valence-corrected chi connectivity index (χ2v) is 14.0. The molecule has 1 aromatic heterocycles. The number of aromatic nitrogens is 1. The Morgan fingerprint density at radius 2 is 1.17 bits per heavy atom. The van der Waals surface area contributed by atoms with Crippen molar-refractivity contribution in [2.45, 2.75) is 18.3 Å². The van der Waals surface area contributed by atoms with Crippen LogP contribution in [0.15, 0.2) is 164 Å². The second kappa shape index (κ2) is 11.2. The smallest absolute Gasteiger partial charge is 0.132 e. The van der Waals surface area contributed by atoms with E-state index in [2.05, 4.69) is 174 Å². The molecule has 4 heterocycles. The first-order valence-corrected chi connectivity index (χ1v) is 18.1. The minimum absolute atomic E-state index is 0.641. The number of benzene rings is 6. The first-order valence-electron chi connectivity index (χ1n) is 18.1. The van der Waals surface area contributed by atoms with Crippen molar-refractivity contribution in [2.75, 3.05) is 6.54 Å². The van der Waals surface area contributed by atoms with E-state index in [0.717, 1.165) is 87.0 Å². The molecule has 4 nitrogen and oxygen atoms in total. The molecular formula is C48H34N2O2. The number of hydrogen-bond donors (Lipinski definition) is 1. The van der Waals surface area contributed by atoms with Gasteiger partial charge in [-0.05, 0) is 78.6 Å². The maximum absolute atomic E-state index is 7.04. The van der Waals surface area contributed by atoms with Crippen molar-refractivity contribution in [3.05, 3.63) is 192 Å². The van der Waals surface area contributed by atoms with Crippen LogP contribution in [0.3, 0.4) is 0 Å². The predicted octanol–water partition coefficient (Wildman–Crippen LogP) is 11.7. The highest BCUT2D eigenvalue weighted by Crippen LogP contribution is 2.61. The Bertz CT molecular complexity index is 2710. The molecule has 4 heteroatoms. The number of rotatable bonds is 3. The van der Waals surface area contributed by atoms with Gasteiger partial charge in [-0.15, -0.1) is 0 Å². The maximum atomic E-state index is 7.04. The topological polar surface area (TPSA) is 35.4 Å². The Morgan fingerprint density at radius 1 is 0.538 bits per heavy atom. The molecule has 52 heavy (non-hydrogen) atoms. The molecule has 0 bridgehead atoms. The summed E-state index contributed by atoms with van der Waals surface area (Å²) in [7, 11) is 0. The van der Waals surface area contributed by atoms with Crippen molar-refractivity contribution < 1.29 is 9.47 Å². The molecule has 7 aromatic rings. The molecular weight excluding hydrogens is 637 g/mol. The van der Waals surface area contributed by atoms with Gasteiger partial charge in [0, 0.05) is 56.5 Å². The Balaban J connectivity index is 1.14. The molecule has 1 aliphatic carbocycles. The molecule has 0 saturated heterocycles. The monoisotopic (exact) mass is 670 g/mol. The van der Waals surface area contributed by atoms with E-state index in [1.165, 1.54) is 27.5 Å². The number of dihydropyridines is 1. The number of fused-ring (bicyclic) bond motifs is 11. The number of allylic oxidation sites excluding steroid dienone is 6. The van der Waals surface area contributed by atoms with E-state index in [4.69, 9.17) is 9.47 Å². The number of nitrogens with one attached hydrogen (secondary N) is 1. The molecule has 11 rings (SSSR count). The number of para-hydroxylation sites is 3. The summed E-state index contributed by atoms with van der Waals surface area (Å²) in [4.78, 5) is 0. The SMILES string of the molecule is C1=CCNC(c2ccc3c(c2)Oc2cc(-c4ccc5c(c4)c4ccccc4n5C4=CCCC=C4)ccc2C32c3ccccc3Oc3ccccc32)=C1. The molecule has 0 unspecified atom stereocenters. The van der Waals surface area contributed by atoms with Crippen LogP contribution in [-0.4, -0.2) is 11.1 Å². The number of nitrogens with zero attached hydrogens (tertiary/aromatic N) is 1. The average Bonchev–Trinajstić information content (AvgIpc) is 3.55. The average molecular weight is 671 g/mol. The fourth-order valence-corrected chi connectivity index (χ4v) is 8.87. The van der Waals surface area contributed by atoms with E-state index in [1.807, 2.05) is 0 Å². The second-order valence-electron chi connectivity index (χ2n) is 14.0. The van der Waals surface area contributed by atoms with Crippen LogP contribution in [0.2, 0.25) is 0 Å². The minimum Gasteiger partial charge on any atom is -0.457 e. The fraction of sp³-hybridized carbons (Fsp3) is 0.0833. The van der Waals surface area contributed by atoms with E-state index in [9.17, 15) is 0 Å². The van der Waals surface area contributed by atoms with Gasteiger partial charge in [-0.1, -0.05) is 109 Å². The van der Waals surface area contributed by atoms with Crippen molar-refractivity contribution in [1.82, 2.24) is 9.88 Å². The largest absolute Gasteiger partial charge is 0.457 e. The van der Waals surface area contributed by atoms with Crippen molar-refractivity contribution in [3.8, 4) is 34.1 Å². The van der Waals surface area contributed by atoms with Crippen molar-refractivity contribution in [3.63, 3.8) is 0 Å². The van der Waals surface area contributed by atoms with Crippen molar-refractivity contribution in [1.29, 1.82) is 0 Å². The molecule has 4 aliphatic rings. The van der Waals surface area contributed by atoms with Gasteiger partial charge >= 0.3 is 0 Å². The number of ether oxygens (including phenoxy) is 2. The molecule has 0 amide bonds. The first-order chi connectivity index (χ1) is 25.8. The maximum Gasteiger partial charge on any atom is 0.132 e. The predicted molar refractivity (Wildman–Crippen MR) is 211 cm³/mol. The Kier molecular flexibility index (Phi) is 6.32. The van der Waals surface area contributed by atoms with Gasteiger partial charge in [0.1, 0.15) is 23.0 Å². The van der Waals surface area contributed by atoms with E-state index >= 15 is 0 Å².